The molecular weight excluding hydrogens is 342 g/mol. The Balaban J connectivity index is 1.68. The van der Waals surface area contributed by atoms with Crippen molar-refractivity contribution in [3.8, 4) is 0 Å². The first-order valence-corrected chi connectivity index (χ1v) is 10.1. The Labute approximate surface area is 157 Å². The van der Waals surface area contributed by atoms with Crippen molar-refractivity contribution in [2.45, 2.75) is 53.0 Å². The summed E-state index contributed by atoms with van der Waals surface area (Å²) in [6.07, 6.45) is 3.23. The minimum Gasteiger partial charge on any atom is -0.375 e. The molecule has 0 saturated heterocycles. The van der Waals surface area contributed by atoms with Crippen LogP contribution in [0.4, 0.5) is 5.69 Å². The van der Waals surface area contributed by atoms with Gasteiger partial charge in [0, 0.05) is 10.6 Å². The fourth-order valence-corrected chi connectivity index (χ4v) is 5.11. The summed E-state index contributed by atoms with van der Waals surface area (Å²) in [5, 5.41) is 4.28. The van der Waals surface area contributed by atoms with Crippen molar-refractivity contribution < 1.29 is 0 Å². The van der Waals surface area contributed by atoms with E-state index in [1.807, 2.05) is 6.92 Å². The van der Waals surface area contributed by atoms with Gasteiger partial charge in [-0.3, -0.25) is 4.79 Å². The van der Waals surface area contributed by atoms with E-state index in [1.54, 1.807) is 11.3 Å². The molecule has 2 atom stereocenters. The third kappa shape index (κ3) is 3.05. The van der Waals surface area contributed by atoms with Crippen molar-refractivity contribution in [1.29, 1.82) is 0 Å². The molecule has 4 nitrogen and oxygen atoms in total. The molecule has 5 heteroatoms. The van der Waals surface area contributed by atoms with Crippen LogP contribution in [0.5, 0.6) is 0 Å². The van der Waals surface area contributed by atoms with Crippen LogP contribution in [0.1, 0.15) is 53.7 Å². The van der Waals surface area contributed by atoms with Gasteiger partial charge in [-0.05, 0) is 74.8 Å². The molecule has 4 rings (SSSR count). The predicted molar refractivity (Wildman–Crippen MR) is 109 cm³/mol. The Morgan fingerprint density at radius 2 is 2.12 bits per heavy atom. The Kier molecular flexibility index (Phi) is 4.35. The molecule has 0 radical (unpaired) electrons. The lowest BCUT2D eigenvalue weighted by Gasteiger charge is -2.17. The first-order chi connectivity index (χ1) is 12.4. The number of nitrogens with zero attached hydrogens (tertiary/aromatic N) is 1. The Bertz CT molecular complexity index is 1030. The van der Waals surface area contributed by atoms with E-state index in [0.717, 1.165) is 35.2 Å². The lowest BCUT2D eigenvalue weighted by atomic mass is 9.89. The monoisotopic (exact) mass is 367 g/mol. The van der Waals surface area contributed by atoms with E-state index in [1.165, 1.54) is 21.6 Å². The standard InChI is InChI=1S/C21H25N3OS/c1-11-5-8-16-17(9-11)26-21-18(16)20(25)23-19(24-21)14(4)22-15-7-6-12(2)13(3)10-15/h6-7,10-11,14,22H,5,8-9H2,1-4H3,(H,23,24,25)/t11-,14+/m0/s1. The van der Waals surface area contributed by atoms with Crippen LogP contribution in [-0.4, -0.2) is 9.97 Å². The molecule has 1 aliphatic carbocycles. The summed E-state index contributed by atoms with van der Waals surface area (Å²) in [5.41, 5.74) is 4.81. The van der Waals surface area contributed by atoms with Gasteiger partial charge in [0.25, 0.3) is 5.56 Å². The average Bonchev–Trinajstić information content (AvgIpc) is 2.95. The van der Waals surface area contributed by atoms with Crippen molar-refractivity contribution >= 4 is 27.2 Å². The van der Waals surface area contributed by atoms with E-state index in [0.29, 0.717) is 11.7 Å². The number of H-pyrrole nitrogens is 1. The van der Waals surface area contributed by atoms with Crippen LogP contribution >= 0.6 is 11.3 Å². The molecule has 0 fully saturated rings. The van der Waals surface area contributed by atoms with E-state index >= 15 is 0 Å². The van der Waals surface area contributed by atoms with Crippen molar-refractivity contribution in [2.75, 3.05) is 5.32 Å². The van der Waals surface area contributed by atoms with Gasteiger partial charge in [0.2, 0.25) is 0 Å². The van der Waals surface area contributed by atoms with Gasteiger partial charge in [0.1, 0.15) is 10.7 Å². The second-order valence-corrected chi connectivity index (χ2v) is 8.73. The maximum Gasteiger partial charge on any atom is 0.259 e. The number of aryl methyl sites for hydroxylation is 3. The fraction of sp³-hybridized carbons (Fsp3) is 0.429. The highest BCUT2D eigenvalue weighted by molar-refractivity contribution is 7.18. The zero-order valence-corrected chi connectivity index (χ0v) is 16.6. The summed E-state index contributed by atoms with van der Waals surface area (Å²) in [5.74, 6) is 1.40. The summed E-state index contributed by atoms with van der Waals surface area (Å²) < 4.78 is 0. The predicted octanol–water partition coefficient (Wildman–Crippen LogP) is 4.90. The third-order valence-corrected chi connectivity index (χ3v) is 6.63. The second kappa shape index (κ2) is 6.54. The molecule has 3 aromatic rings. The largest absolute Gasteiger partial charge is 0.375 e. The molecule has 2 heterocycles. The SMILES string of the molecule is Cc1ccc(N[C@H](C)c2nc3sc4c(c3c(=O)[nH]2)CC[C@H](C)C4)cc1C. The van der Waals surface area contributed by atoms with Crippen LogP contribution in [0.25, 0.3) is 10.2 Å². The topological polar surface area (TPSA) is 57.8 Å². The molecule has 2 N–H and O–H groups in total. The van der Waals surface area contributed by atoms with Gasteiger partial charge in [0.05, 0.1) is 11.4 Å². The number of fused-ring (bicyclic) bond motifs is 3. The van der Waals surface area contributed by atoms with E-state index in [4.69, 9.17) is 4.98 Å². The summed E-state index contributed by atoms with van der Waals surface area (Å²) >= 11 is 1.70. The fourth-order valence-electron chi connectivity index (χ4n) is 3.72. The van der Waals surface area contributed by atoms with Crippen LogP contribution in [0.15, 0.2) is 23.0 Å². The number of benzene rings is 1. The number of hydrogen-bond donors (Lipinski definition) is 2. The number of thiophene rings is 1. The molecule has 0 unspecified atom stereocenters. The molecule has 0 spiro atoms. The van der Waals surface area contributed by atoms with Gasteiger partial charge < -0.3 is 10.3 Å². The lowest BCUT2D eigenvalue weighted by molar-refractivity contribution is 0.509. The number of nitrogens with one attached hydrogen (secondary N) is 2. The molecule has 26 heavy (non-hydrogen) atoms. The highest BCUT2D eigenvalue weighted by Crippen LogP contribution is 2.36. The van der Waals surface area contributed by atoms with Gasteiger partial charge in [-0.2, -0.15) is 0 Å². The van der Waals surface area contributed by atoms with E-state index in [2.05, 4.69) is 49.3 Å². The third-order valence-electron chi connectivity index (χ3n) is 5.48. The first kappa shape index (κ1) is 17.3. The van der Waals surface area contributed by atoms with Crippen LogP contribution in [0, 0.1) is 19.8 Å². The normalized spacial score (nSPS) is 17.9. The average molecular weight is 368 g/mol. The number of anilines is 1. The second-order valence-electron chi connectivity index (χ2n) is 7.65. The Hall–Kier alpha value is -2.14. The Morgan fingerprint density at radius 1 is 1.31 bits per heavy atom. The minimum atomic E-state index is -0.0627. The summed E-state index contributed by atoms with van der Waals surface area (Å²) in [7, 11) is 0. The first-order valence-electron chi connectivity index (χ1n) is 9.30. The maximum absolute atomic E-state index is 12.8. The summed E-state index contributed by atoms with van der Waals surface area (Å²) in [4.78, 5) is 22.8. The molecule has 0 saturated carbocycles. The van der Waals surface area contributed by atoms with Crippen LogP contribution in [0.2, 0.25) is 0 Å². The highest BCUT2D eigenvalue weighted by Gasteiger charge is 2.23. The van der Waals surface area contributed by atoms with Crippen molar-refractivity contribution in [3.05, 3.63) is 55.9 Å². The Morgan fingerprint density at radius 3 is 2.88 bits per heavy atom. The molecule has 1 aliphatic rings. The number of rotatable bonds is 3. The molecule has 0 bridgehead atoms. The van der Waals surface area contributed by atoms with Gasteiger partial charge in [-0.15, -0.1) is 11.3 Å². The molecular formula is C21H25N3OS. The van der Waals surface area contributed by atoms with Gasteiger partial charge in [-0.1, -0.05) is 13.0 Å². The zero-order valence-electron chi connectivity index (χ0n) is 15.8. The van der Waals surface area contributed by atoms with Crippen LogP contribution in [0.3, 0.4) is 0 Å². The van der Waals surface area contributed by atoms with E-state index in [-0.39, 0.29) is 11.6 Å². The summed E-state index contributed by atoms with van der Waals surface area (Å²) in [6.45, 7) is 8.53. The highest BCUT2D eigenvalue weighted by atomic mass is 32.1. The van der Waals surface area contributed by atoms with Gasteiger partial charge >= 0.3 is 0 Å². The summed E-state index contributed by atoms with van der Waals surface area (Å²) in [6, 6.07) is 6.25. The molecule has 2 aromatic heterocycles. The number of hydrogen-bond acceptors (Lipinski definition) is 4. The van der Waals surface area contributed by atoms with Crippen molar-refractivity contribution in [1.82, 2.24) is 9.97 Å². The molecule has 1 aromatic carbocycles. The number of aromatic nitrogens is 2. The van der Waals surface area contributed by atoms with Crippen LogP contribution in [-0.2, 0) is 12.8 Å². The molecule has 136 valence electrons. The van der Waals surface area contributed by atoms with Crippen molar-refractivity contribution in [3.63, 3.8) is 0 Å². The smallest absolute Gasteiger partial charge is 0.259 e. The quantitative estimate of drug-likeness (QED) is 0.692. The van der Waals surface area contributed by atoms with Gasteiger partial charge in [0.15, 0.2) is 0 Å². The van der Waals surface area contributed by atoms with Crippen molar-refractivity contribution in [2.24, 2.45) is 5.92 Å². The van der Waals surface area contributed by atoms with Crippen LogP contribution < -0.4 is 10.9 Å². The van der Waals surface area contributed by atoms with E-state index < -0.39 is 0 Å². The van der Waals surface area contributed by atoms with Gasteiger partial charge in [-0.25, -0.2) is 4.98 Å². The minimum absolute atomic E-state index is 0.00536. The maximum atomic E-state index is 12.8. The number of aromatic amines is 1. The zero-order chi connectivity index (χ0) is 18.4. The lowest BCUT2D eigenvalue weighted by Crippen LogP contribution is -2.18. The molecule has 0 aliphatic heterocycles. The molecule has 0 amide bonds. The van der Waals surface area contributed by atoms with E-state index in [9.17, 15) is 4.79 Å².